The van der Waals surface area contributed by atoms with Crippen LogP contribution in [0.4, 0.5) is 4.39 Å². The number of ketones is 1. The van der Waals surface area contributed by atoms with E-state index < -0.39 is 6.10 Å². The van der Waals surface area contributed by atoms with Crippen LogP contribution in [0.15, 0.2) is 40.9 Å². The van der Waals surface area contributed by atoms with Crippen LogP contribution in [0.25, 0.3) is 0 Å². The number of halogens is 2. The van der Waals surface area contributed by atoms with Gasteiger partial charge in [-0.1, -0.05) is 22.0 Å². The van der Waals surface area contributed by atoms with Gasteiger partial charge >= 0.3 is 0 Å². The first-order chi connectivity index (χ1) is 9.54. The van der Waals surface area contributed by atoms with Crippen molar-refractivity contribution in [2.45, 2.75) is 19.4 Å². The quantitative estimate of drug-likeness (QED) is 0.761. The molecule has 0 saturated carbocycles. The summed E-state index contributed by atoms with van der Waals surface area (Å²) in [4.78, 5) is 12.2. The molecule has 2 nitrogen and oxygen atoms in total. The Morgan fingerprint density at radius 3 is 2.85 bits per heavy atom. The van der Waals surface area contributed by atoms with Gasteiger partial charge < -0.3 is 4.74 Å². The maximum atomic E-state index is 13.4. The normalized spacial score (nSPS) is 17.6. The van der Waals surface area contributed by atoms with Gasteiger partial charge in [0.1, 0.15) is 17.7 Å². The third-order valence-corrected chi connectivity index (χ3v) is 3.97. The molecule has 0 spiro atoms. The smallest absolute Gasteiger partial charge is 0.170 e. The summed E-state index contributed by atoms with van der Waals surface area (Å²) in [6, 6.07) is 9.89. The molecule has 1 atom stereocenters. The van der Waals surface area contributed by atoms with Gasteiger partial charge in [0.25, 0.3) is 0 Å². The highest BCUT2D eigenvalue weighted by molar-refractivity contribution is 9.10. The van der Waals surface area contributed by atoms with Crippen molar-refractivity contribution in [2.24, 2.45) is 0 Å². The van der Waals surface area contributed by atoms with Crippen molar-refractivity contribution in [3.8, 4) is 5.75 Å². The zero-order valence-electron chi connectivity index (χ0n) is 10.8. The Morgan fingerprint density at radius 2 is 2.05 bits per heavy atom. The molecule has 1 aliphatic rings. The monoisotopic (exact) mass is 334 g/mol. The Kier molecular flexibility index (Phi) is 3.34. The molecule has 1 aliphatic heterocycles. The average Bonchev–Trinajstić information content (AvgIpc) is 2.41. The molecule has 102 valence electrons. The number of fused-ring (bicyclic) bond motifs is 1. The number of benzene rings is 2. The largest absolute Gasteiger partial charge is 0.484 e. The molecule has 0 N–H and O–H groups in total. The van der Waals surface area contributed by atoms with Crippen LogP contribution in [0.5, 0.6) is 5.75 Å². The first kappa shape index (κ1) is 13.3. The van der Waals surface area contributed by atoms with E-state index in [1.54, 1.807) is 18.2 Å². The van der Waals surface area contributed by atoms with E-state index in [4.69, 9.17) is 4.74 Å². The summed E-state index contributed by atoms with van der Waals surface area (Å²) >= 11 is 3.36. The molecule has 0 aromatic heterocycles. The van der Waals surface area contributed by atoms with Gasteiger partial charge in [-0.05, 0) is 48.4 Å². The third-order valence-electron chi connectivity index (χ3n) is 3.47. The van der Waals surface area contributed by atoms with Crippen LogP contribution in [0, 0.1) is 12.7 Å². The SMILES string of the molecule is Cc1ccc(F)cc1C1CC(=O)c2ccc(Br)cc2O1. The Bertz CT molecular complexity index is 697. The Labute approximate surface area is 124 Å². The van der Waals surface area contributed by atoms with E-state index in [1.165, 1.54) is 12.1 Å². The molecule has 1 unspecified atom stereocenters. The predicted octanol–water partition coefficient (Wildman–Crippen LogP) is 4.60. The first-order valence-electron chi connectivity index (χ1n) is 6.30. The molecular weight excluding hydrogens is 323 g/mol. The Balaban J connectivity index is 2.02. The summed E-state index contributed by atoms with van der Waals surface area (Å²) in [6.07, 6.45) is -0.196. The van der Waals surface area contributed by atoms with Gasteiger partial charge in [0.05, 0.1) is 12.0 Å². The van der Waals surface area contributed by atoms with E-state index in [0.29, 0.717) is 11.3 Å². The lowest BCUT2D eigenvalue weighted by atomic mass is 9.94. The van der Waals surface area contributed by atoms with Gasteiger partial charge in [-0.2, -0.15) is 0 Å². The van der Waals surface area contributed by atoms with Crippen molar-refractivity contribution in [3.63, 3.8) is 0 Å². The van der Waals surface area contributed by atoms with Gasteiger partial charge in [-0.3, -0.25) is 4.79 Å². The standard InChI is InChI=1S/C16H12BrFO2/c1-9-2-4-11(18)7-13(9)16-8-14(19)12-5-3-10(17)6-15(12)20-16/h2-7,16H,8H2,1H3. The summed E-state index contributed by atoms with van der Waals surface area (Å²) in [6.45, 7) is 1.89. The van der Waals surface area contributed by atoms with E-state index in [9.17, 15) is 9.18 Å². The summed E-state index contributed by atoms with van der Waals surface area (Å²) in [5.41, 5.74) is 2.23. The molecule has 0 radical (unpaired) electrons. The maximum absolute atomic E-state index is 13.4. The van der Waals surface area contributed by atoms with Crippen LogP contribution >= 0.6 is 15.9 Å². The Hall–Kier alpha value is -1.68. The van der Waals surface area contributed by atoms with E-state index in [1.807, 2.05) is 13.0 Å². The number of carbonyl (C=O) groups is 1. The van der Waals surface area contributed by atoms with Crippen molar-refractivity contribution >= 4 is 21.7 Å². The molecule has 20 heavy (non-hydrogen) atoms. The molecule has 3 rings (SSSR count). The van der Waals surface area contributed by atoms with Crippen LogP contribution in [0.2, 0.25) is 0 Å². The second-order valence-electron chi connectivity index (χ2n) is 4.88. The second kappa shape index (κ2) is 5.02. The van der Waals surface area contributed by atoms with E-state index in [0.717, 1.165) is 15.6 Å². The number of hydrogen-bond acceptors (Lipinski definition) is 2. The number of rotatable bonds is 1. The van der Waals surface area contributed by atoms with Gasteiger partial charge in [0, 0.05) is 4.47 Å². The fourth-order valence-corrected chi connectivity index (χ4v) is 2.77. The average molecular weight is 335 g/mol. The highest BCUT2D eigenvalue weighted by atomic mass is 79.9. The van der Waals surface area contributed by atoms with E-state index >= 15 is 0 Å². The van der Waals surface area contributed by atoms with Crippen LogP contribution in [-0.4, -0.2) is 5.78 Å². The number of Topliss-reactive ketones (excluding diaryl/α,β-unsaturated/α-hetero) is 1. The number of aryl methyl sites for hydroxylation is 1. The third kappa shape index (κ3) is 2.36. The molecule has 0 aliphatic carbocycles. The first-order valence-corrected chi connectivity index (χ1v) is 7.09. The van der Waals surface area contributed by atoms with Crippen molar-refractivity contribution in [1.82, 2.24) is 0 Å². The molecule has 1 heterocycles. The Morgan fingerprint density at radius 1 is 1.25 bits per heavy atom. The summed E-state index contributed by atoms with van der Waals surface area (Å²) in [5.74, 6) is 0.249. The lowest BCUT2D eigenvalue weighted by molar-refractivity contribution is 0.0849. The minimum Gasteiger partial charge on any atom is -0.484 e. The van der Waals surface area contributed by atoms with Crippen molar-refractivity contribution in [2.75, 3.05) is 0 Å². The van der Waals surface area contributed by atoms with E-state index in [-0.39, 0.29) is 18.0 Å². The fraction of sp³-hybridized carbons (Fsp3) is 0.188. The van der Waals surface area contributed by atoms with Gasteiger partial charge in [-0.25, -0.2) is 4.39 Å². The summed E-state index contributed by atoms with van der Waals surface area (Å²) in [5, 5.41) is 0. The molecular formula is C16H12BrFO2. The highest BCUT2D eigenvalue weighted by Gasteiger charge is 2.28. The minimum atomic E-state index is -0.431. The maximum Gasteiger partial charge on any atom is 0.170 e. The molecule has 2 aromatic rings. The van der Waals surface area contributed by atoms with Gasteiger partial charge in [-0.15, -0.1) is 0 Å². The zero-order valence-corrected chi connectivity index (χ0v) is 12.4. The predicted molar refractivity (Wildman–Crippen MR) is 77.6 cm³/mol. The lowest BCUT2D eigenvalue weighted by Crippen LogP contribution is -2.21. The van der Waals surface area contributed by atoms with Crippen LogP contribution in [-0.2, 0) is 0 Å². The second-order valence-corrected chi connectivity index (χ2v) is 5.79. The van der Waals surface area contributed by atoms with Gasteiger partial charge in [0.2, 0.25) is 0 Å². The molecule has 0 fully saturated rings. The van der Waals surface area contributed by atoms with E-state index in [2.05, 4.69) is 15.9 Å². The lowest BCUT2D eigenvalue weighted by Gasteiger charge is -2.26. The topological polar surface area (TPSA) is 26.3 Å². The highest BCUT2D eigenvalue weighted by Crippen LogP contribution is 2.37. The van der Waals surface area contributed by atoms with Crippen LogP contribution < -0.4 is 4.74 Å². The summed E-state index contributed by atoms with van der Waals surface area (Å²) < 4.78 is 20.1. The molecule has 4 heteroatoms. The van der Waals surface area contributed by atoms with Crippen LogP contribution in [0.1, 0.15) is 34.0 Å². The molecule has 0 bridgehead atoms. The van der Waals surface area contributed by atoms with Crippen LogP contribution in [0.3, 0.4) is 0 Å². The number of ether oxygens (including phenoxy) is 1. The van der Waals surface area contributed by atoms with Crippen molar-refractivity contribution < 1.29 is 13.9 Å². The van der Waals surface area contributed by atoms with Crippen molar-refractivity contribution in [1.29, 1.82) is 0 Å². The molecule has 0 saturated heterocycles. The van der Waals surface area contributed by atoms with Gasteiger partial charge in [0.15, 0.2) is 5.78 Å². The fourth-order valence-electron chi connectivity index (χ4n) is 2.43. The van der Waals surface area contributed by atoms with Crippen molar-refractivity contribution in [3.05, 3.63) is 63.4 Å². The number of hydrogen-bond donors (Lipinski definition) is 0. The molecule has 0 amide bonds. The number of carbonyl (C=O) groups excluding carboxylic acids is 1. The minimum absolute atomic E-state index is 0.0208. The zero-order chi connectivity index (χ0) is 14.3. The molecule has 2 aromatic carbocycles. The summed E-state index contributed by atoms with van der Waals surface area (Å²) in [7, 11) is 0.